The van der Waals surface area contributed by atoms with Gasteiger partial charge in [-0.1, -0.05) is 24.3 Å². The predicted octanol–water partition coefficient (Wildman–Crippen LogP) is 2.82. The highest BCUT2D eigenvalue weighted by Crippen LogP contribution is 2.27. The molecule has 0 fully saturated rings. The number of aromatic nitrogens is 1. The molecule has 0 aliphatic heterocycles. The van der Waals surface area contributed by atoms with Crippen LogP contribution < -0.4 is 5.73 Å². The quantitative estimate of drug-likeness (QED) is 0.831. The molecule has 0 unspecified atom stereocenters. The first-order chi connectivity index (χ1) is 7.74. The lowest BCUT2D eigenvalue weighted by Crippen LogP contribution is -2.02. The van der Waals surface area contributed by atoms with Crippen LogP contribution in [0.25, 0.3) is 11.1 Å². The van der Waals surface area contributed by atoms with E-state index < -0.39 is 0 Å². The lowest BCUT2D eigenvalue weighted by molar-refractivity contribution is 0.993. The van der Waals surface area contributed by atoms with Crippen molar-refractivity contribution in [1.82, 2.24) is 4.98 Å². The maximum absolute atomic E-state index is 5.71. The molecule has 2 aromatic rings. The van der Waals surface area contributed by atoms with E-state index in [2.05, 4.69) is 43.1 Å². The van der Waals surface area contributed by atoms with Gasteiger partial charge in [0.25, 0.3) is 0 Å². The molecule has 1 aromatic heterocycles. The average molecular weight is 212 g/mol. The second-order valence-corrected chi connectivity index (χ2v) is 3.95. The molecule has 0 aliphatic carbocycles. The molecule has 0 saturated carbocycles. The van der Waals surface area contributed by atoms with Crippen LogP contribution in [0.15, 0.2) is 36.5 Å². The second-order valence-electron chi connectivity index (χ2n) is 3.95. The Bertz CT molecular complexity index is 504. The minimum Gasteiger partial charge on any atom is -0.325 e. The van der Waals surface area contributed by atoms with Crippen molar-refractivity contribution >= 4 is 0 Å². The van der Waals surface area contributed by atoms with Crippen LogP contribution in [0.4, 0.5) is 0 Å². The number of hydrogen-bond donors (Lipinski definition) is 1. The van der Waals surface area contributed by atoms with E-state index in [0.717, 1.165) is 11.3 Å². The number of hydrogen-bond acceptors (Lipinski definition) is 2. The topological polar surface area (TPSA) is 38.9 Å². The third kappa shape index (κ3) is 1.84. The van der Waals surface area contributed by atoms with Crippen molar-refractivity contribution in [3.05, 3.63) is 53.3 Å². The summed E-state index contributed by atoms with van der Waals surface area (Å²) in [4.78, 5) is 4.32. The summed E-state index contributed by atoms with van der Waals surface area (Å²) in [6, 6.07) is 10.4. The maximum atomic E-state index is 5.71. The zero-order valence-electron chi connectivity index (χ0n) is 9.70. The van der Waals surface area contributed by atoms with Gasteiger partial charge in [-0.2, -0.15) is 0 Å². The third-order valence-electron chi connectivity index (χ3n) is 2.98. The molecule has 0 radical (unpaired) electrons. The largest absolute Gasteiger partial charge is 0.325 e. The van der Waals surface area contributed by atoms with Crippen LogP contribution >= 0.6 is 0 Å². The molecule has 1 aromatic carbocycles. The zero-order chi connectivity index (χ0) is 11.5. The van der Waals surface area contributed by atoms with Gasteiger partial charge in [0.05, 0.1) is 5.69 Å². The minimum atomic E-state index is 0.476. The number of aryl methyl sites for hydroxylation is 1. The molecule has 0 aliphatic rings. The highest BCUT2D eigenvalue weighted by Gasteiger charge is 2.07. The van der Waals surface area contributed by atoms with Gasteiger partial charge in [-0.25, -0.2) is 0 Å². The van der Waals surface area contributed by atoms with Crippen molar-refractivity contribution in [3.63, 3.8) is 0 Å². The van der Waals surface area contributed by atoms with Crippen LogP contribution in [0.5, 0.6) is 0 Å². The van der Waals surface area contributed by atoms with Crippen LogP contribution in [0.1, 0.15) is 16.8 Å². The Balaban J connectivity index is 2.63. The Kier molecular flexibility index (Phi) is 3.02. The third-order valence-corrected chi connectivity index (χ3v) is 2.98. The van der Waals surface area contributed by atoms with Gasteiger partial charge in [0, 0.05) is 18.3 Å². The molecule has 2 N–H and O–H groups in total. The van der Waals surface area contributed by atoms with Crippen LogP contribution in [-0.2, 0) is 6.54 Å². The Morgan fingerprint density at radius 2 is 1.81 bits per heavy atom. The molecule has 0 saturated heterocycles. The lowest BCUT2D eigenvalue weighted by Gasteiger charge is -2.11. The number of benzene rings is 1. The molecule has 0 spiro atoms. The predicted molar refractivity (Wildman–Crippen MR) is 67.0 cm³/mol. The second kappa shape index (κ2) is 4.45. The van der Waals surface area contributed by atoms with Crippen molar-refractivity contribution in [1.29, 1.82) is 0 Å². The molecular formula is C14H16N2. The summed E-state index contributed by atoms with van der Waals surface area (Å²) < 4.78 is 0. The molecular weight excluding hydrogens is 196 g/mol. The van der Waals surface area contributed by atoms with Crippen molar-refractivity contribution in [2.75, 3.05) is 0 Å². The highest BCUT2D eigenvalue weighted by molar-refractivity contribution is 5.70. The van der Waals surface area contributed by atoms with Crippen LogP contribution in [0, 0.1) is 13.8 Å². The summed E-state index contributed by atoms with van der Waals surface area (Å²) >= 11 is 0. The Hall–Kier alpha value is -1.67. The highest BCUT2D eigenvalue weighted by atomic mass is 14.7. The minimum absolute atomic E-state index is 0.476. The van der Waals surface area contributed by atoms with E-state index in [0.29, 0.717) is 6.54 Å². The standard InChI is InChI=1S/C14H16N2/c1-10-5-3-6-12(11(10)2)13-7-4-8-16-14(13)9-15/h3-8H,9,15H2,1-2H3. The number of rotatable bonds is 2. The van der Waals surface area contributed by atoms with Gasteiger partial charge in [-0.15, -0.1) is 0 Å². The zero-order valence-corrected chi connectivity index (χ0v) is 9.70. The average Bonchev–Trinajstić information content (AvgIpc) is 2.33. The van der Waals surface area contributed by atoms with Crippen molar-refractivity contribution < 1.29 is 0 Å². The van der Waals surface area contributed by atoms with E-state index in [1.807, 2.05) is 6.07 Å². The SMILES string of the molecule is Cc1cccc(-c2cccnc2CN)c1C. The molecule has 0 bridgehead atoms. The fourth-order valence-electron chi connectivity index (χ4n) is 1.89. The van der Waals surface area contributed by atoms with E-state index >= 15 is 0 Å². The van der Waals surface area contributed by atoms with Gasteiger partial charge < -0.3 is 5.73 Å². The summed E-state index contributed by atoms with van der Waals surface area (Å²) in [5.41, 5.74) is 11.6. The van der Waals surface area contributed by atoms with Crippen molar-refractivity contribution in [2.24, 2.45) is 5.73 Å². The van der Waals surface area contributed by atoms with Crippen molar-refractivity contribution in [3.8, 4) is 11.1 Å². The first kappa shape index (κ1) is 10.8. The smallest absolute Gasteiger partial charge is 0.0617 e. The Morgan fingerprint density at radius 3 is 2.56 bits per heavy atom. The van der Waals surface area contributed by atoms with Gasteiger partial charge in [-0.05, 0) is 36.6 Å². The van der Waals surface area contributed by atoms with Gasteiger partial charge in [0.1, 0.15) is 0 Å². The number of nitrogens with zero attached hydrogens (tertiary/aromatic N) is 1. The summed E-state index contributed by atoms with van der Waals surface area (Å²) in [6.07, 6.45) is 1.79. The Labute approximate surface area is 96.1 Å². The van der Waals surface area contributed by atoms with E-state index in [-0.39, 0.29) is 0 Å². The van der Waals surface area contributed by atoms with Gasteiger partial charge in [-0.3, -0.25) is 4.98 Å². The van der Waals surface area contributed by atoms with Crippen LogP contribution in [0.2, 0.25) is 0 Å². The number of nitrogens with two attached hydrogens (primary N) is 1. The summed E-state index contributed by atoms with van der Waals surface area (Å²) in [5.74, 6) is 0. The maximum Gasteiger partial charge on any atom is 0.0617 e. The van der Waals surface area contributed by atoms with Crippen LogP contribution in [-0.4, -0.2) is 4.98 Å². The van der Waals surface area contributed by atoms with Gasteiger partial charge in [0.15, 0.2) is 0 Å². The summed E-state index contributed by atoms with van der Waals surface area (Å²) in [7, 11) is 0. The molecule has 82 valence electrons. The molecule has 0 amide bonds. The molecule has 2 rings (SSSR count). The number of pyridine rings is 1. The van der Waals surface area contributed by atoms with Crippen LogP contribution in [0.3, 0.4) is 0 Å². The molecule has 0 atom stereocenters. The summed E-state index contributed by atoms with van der Waals surface area (Å²) in [5, 5.41) is 0. The molecule has 2 nitrogen and oxygen atoms in total. The van der Waals surface area contributed by atoms with Crippen molar-refractivity contribution in [2.45, 2.75) is 20.4 Å². The lowest BCUT2D eigenvalue weighted by atomic mass is 9.96. The normalized spacial score (nSPS) is 10.4. The molecule has 2 heteroatoms. The molecule has 16 heavy (non-hydrogen) atoms. The van der Waals surface area contributed by atoms with E-state index in [1.54, 1.807) is 6.20 Å². The van der Waals surface area contributed by atoms with E-state index in [1.165, 1.54) is 16.7 Å². The van der Waals surface area contributed by atoms with Gasteiger partial charge in [0.2, 0.25) is 0 Å². The van der Waals surface area contributed by atoms with E-state index in [9.17, 15) is 0 Å². The first-order valence-electron chi connectivity index (χ1n) is 5.44. The summed E-state index contributed by atoms with van der Waals surface area (Å²) in [6.45, 7) is 4.73. The fraction of sp³-hybridized carbons (Fsp3) is 0.214. The monoisotopic (exact) mass is 212 g/mol. The molecule has 1 heterocycles. The van der Waals surface area contributed by atoms with E-state index in [4.69, 9.17) is 5.73 Å². The Morgan fingerprint density at radius 1 is 1.06 bits per heavy atom. The first-order valence-corrected chi connectivity index (χ1v) is 5.44. The fourth-order valence-corrected chi connectivity index (χ4v) is 1.89. The van der Waals surface area contributed by atoms with Gasteiger partial charge >= 0.3 is 0 Å².